The molecule has 2 heterocycles. The molecule has 0 aliphatic carbocycles. The van der Waals surface area contributed by atoms with Crippen LogP contribution in [0.4, 0.5) is 4.79 Å². The van der Waals surface area contributed by atoms with Gasteiger partial charge in [0.25, 0.3) is 0 Å². The molecular weight excluding hydrogens is 506 g/mol. The van der Waals surface area contributed by atoms with E-state index in [-0.39, 0.29) is 25.7 Å². The Balaban J connectivity index is 1.32. The molecule has 34 heavy (non-hydrogen) atoms. The Hall–Kier alpha value is -3.72. The zero-order valence-electron chi connectivity index (χ0n) is 17.9. The van der Waals surface area contributed by atoms with Crippen LogP contribution in [0.15, 0.2) is 71.2 Å². The number of para-hydroxylation sites is 1. The second-order valence-electron chi connectivity index (χ2n) is 7.57. The van der Waals surface area contributed by atoms with Crippen LogP contribution in [0.5, 0.6) is 23.0 Å². The van der Waals surface area contributed by atoms with Crippen molar-refractivity contribution < 1.29 is 33.3 Å². The van der Waals surface area contributed by atoms with Crippen LogP contribution in [0.25, 0.3) is 0 Å². The van der Waals surface area contributed by atoms with E-state index in [2.05, 4.69) is 21.2 Å². The van der Waals surface area contributed by atoms with Crippen molar-refractivity contribution in [3.8, 4) is 23.0 Å². The number of benzene rings is 3. The third-order valence-corrected chi connectivity index (χ3v) is 5.83. The average molecular weight is 526 g/mol. The number of Topliss-reactive ketones (excluding diaryl/α,β-unsaturated/α-hetero) is 1. The zero-order valence-corrected chi connectivity index (χ0v) is 19.4. The number of carbonyl (C=O) groups excluding carboxylic acids is 2. The van der Waals surface area contributed by atoms with Crippen LogP contribution in [0.3, 0.4) is 0 Å². The van der Waals surface area contributed by atoms with Gasteiger partial charge in [-0.05, 0) is 42.5 Å². The van der Waals surface area contributed by atoms with E-state index < -0.39 is 18.3 Å². The number of nitrogens with one attached hydrogen (secondary N) is 1. The van der Waals surface area contributed by atoms with E-state index >= 15 is 0 Å². The normalized spacial score (nSPS) is 18.0. The molecule has 5 rings (SSSR count). The Morgan fingerprint density at radius 1 is 1.00 bits per heavy atom. The van der Waals surface area contributed by atoms with Crippen LogP contribution in [0, 0.1) is 0 Å². The Morgan fingerprint density at radius 2 is 1.79 bits per heavy atom. The number of hydrogen-bond donors (Lipinski definition) is 1. The van der Waals surface area contributed by atoms with Crippen LogP contribution in [-0.4, -0.2) is 37.9 Å². The lowest BCUT2D eigenvalue weighted by atomic mass is 9.93. The predicted octanol–water partition coefficient (Wildman–Crippen LogP) is 4.67. The molecule has 0 saturated carbocycles. The van der Waals surface area contributed by atoms with E-state index in [1.807, 2.05) is 30.3 Å². The third kappa shape index (κ3) is 4.65. The van der Waals surface area contributed by atoms with Crippen molar-refractivity contribution in [3.05, 3.63) is 82.3 Å². The molecular formula is C25H20BrNO7. The highest BCUT2D eigenvalue weighted by Gasteiger charge is 2.41. The van der Waals surface area contributed by atoms with Gasteiger partial charge < -0.3 is 29.0 Å². The number of alkyl carbamates (subject to hydrolysis) is 1. The van der Waals surface area contributed by atoms with Crippen molar-refractivity contribution in [1.29, 1.82) is 0 Å². The van der Waals surface area contributed by atoms with Crippen LogP contribution in [0.2, 0.25) is 0 Å². The molecule has 3 aromatic carbocycles. The van der Waals surface area contributed by atoms with Gasteiger partial charge in [-0.1, -0.05) is 40.2 Å². The largest absolute Gasteiger partial charge is 0.492 e. The molecule has 0 aromatic heterocycles. The van der Waals surface area contributed by atoms with Crippen molar-refractivity contribution in [2.75, 3.05) is 19.9 Å². The molecule has 8 nitrogen and oxygen atoms in total. The summed E-state index contributed by atoms with van der Waals surface area (Å²) < 4.78 is 28.8. The van der Waals surface area contributed by atoms with E-state index in [0.717, 1.165) is 0 Å². The van der Waals surface area contributed by atoms with Crippen molar-refractivity contribution in [1.82, 2.24) is 5.32 Å². The van der Waals surface area contributed by atoms with Gasteiger partial charge in [-0.3, -0.25) is 4.79 Å². The topological polar surface area (TPSA) is 92.3 Å². The maximum Gasteiger partial charge on any atom is 0.408 e. The predicted molar refractivity (Wildman–Crippen MR) is 125 cm³/mol. The van der Waals surface area contributed by atoms with Gasteiger partial charge in [0.2, 0.25) is 18.7 Å². The number of amides is 1. The molecule has 3 aromatic rings. The van der Waals surface area contributed by atoms with Crippen LogP contribution >= 0.6 is 15.9 Å². The molecule has 174 valence electrons. The maximum absolute atomic E-state index is 13.4. The number of halogens is 1. The van der Waals surface area contributed by atoms with Crippen LogP contribution < -0.4 is 24.3 Å². The summed E-state index contributed by atoms with van der Waals surface area (Å²) in [5, 5.41) is 2.62. The van der Waals surface area contributed by atoms with Crippen molar-refractivity contribution in [2.45, 2.75) is 12.2 Å². The first-order valence-corrected chi connectivity index (χ1v) is 11.4. The van der Waals surface area contributed by atoms with Crippen molar-refractivity contribution >= 4 is 27.8 Å². The van der Waals surface area contributed by atoms with E-state index in [4.69, 9.17) is 23.7 Å². The Morgan fingerprint density at radius 3 is 2.65 bits per heavy atom. The fraction of sp³-hybridized carbons (Fsp3) is 0.200. The first kappa shape index (κ1) is 22.1. The number of carbonyl (C=O) groups is 2. The van der Waals surface area contributed by atoms with E-state index in [1.165, 1.54) is 0 Å². The fourth-order valence-corrected chi connectivity index (χ4v) is 4.09. The highest BCUT2D eigenvalue weighted by molar-refractivity contribution is 9.10. The molecule has 0 fully saturated rings. The standard InChI is InChI=1S/C25H20BrNO7/c26-16-7-9-19-18(13-16)22(28)24(23(33-19)15-6-8-20-21(12-15)32-14-31-20)34-25(29)27-10-11-30-17-4-2-1-3-5-17/h1-9,12-13,23-24H,10-11,14H2,(H,27,29)/t23-,24?/m0/s1. The van der Waals surface area contributed by atoms with Gasteiger partial charge in [0.1, 0.15) is 18.1 Å². The van der Waals surface area contributed by atoms with Gasteiger partial charge >= 0.3 is 6.09 Å². The summed E-state index contributed by atoms with van der Waals surface area (Å²) in [7, 11) is 0. The van der Waals surface area contributed by atoms with Crippen LogP contribution in [0.1, 0.15) is 22.0 Å². The summed E-state index contributed by atoms with van der Waals surface area (Å²) >= 11 is 3.37. The van der Waals surface area contributed by atoms with E-state index in [9.17, 15) is 9.59 Å². The highest BCUT2D eigenvalue weighted by Crippen LogP contribution is 2.41. The molecule has 2 aliphatic rings. The lowest BCUT2D eigenvalue weighted by molar-refractivity contribution is 0.00886. The summed E-state index contributed by atoms with van der Waals surface area (Å²) in [5.74, 6) is 1.88. The van der Waals surface area contributed by atoms with Crippen molar-refractivity contribution in [3.63, 3.8) is 0 Å². The van der Waals surface area contributed by atoms with Gasteiger partial charge in [-0.25, -0.2) is 4.79 Å². The van der Waals surface area contributed by atoms with Gasteiger partial charge in [0, 0.05) is 10.0 Å². The first-order chi connectivity index (χ1) is 16.6. The smallest absolute Gasteiger partial charge is 0.408 e. The quantitative estimate of drug-likeness (QED) is 0.467. The van der Waals surface area contributed by atoms with Gasteiger partial charge in [0.15, 0.2) is 17.6 Å². The molecule has 1 amide bonds. The highest BCUT2D eigenvalue weighted by atomic mass is 79.9. The first-order valence-electron chi connectivity index (χ1n) is 10.6. The SMILES string of the molecule is O=C(NCCOc1ccccc1)OC1C(=O)c2cc(Br)ccc2O[C@H]1c1ccc2c(c1)OCO2. The lowest BCUT2D eigenvalue weighted by Crippen LogP contribution is -2.42. The maximum atomic E-state index is 13.4. The summed E-state index contributed by atoms with van der Waals surface area (Å²) in [5.41, 5.74) is 0.952. The molecule has 0 radical (unpaired) electrons. The number of fused-ring (bicyclic) bond motifs is 2. The summed E-state index contributed by atoms with van der Waals surface area (Å²) in [6.07, 6.45) is -2.80. The minimum atomic E-state index is -1.20. The Kier molecular flexibility index (Phi) is 6.27. The second kappa shape index (κ2) is 9.64. The summed E-state index contributed by atoms with van der Waals surface area (Å²) in [6, 6.07) is 19.6. The third-order valence-electron chi connectivity index (χ3n) is 5.34. The van der Waals surface area contributed by atoms with Crippen molar-refractivity contribution in [2.24, 2.45) is 0 Å². The minimum absolute atomic E-state index is 0.119. The number of ketones is 1. The molecule has 0 saturated heterocycles. The van der Waals surface area contributed by atoms with E-state index in [1.54, 1.807) is 36.4 Å². The Bertz CT molecular complexity index is 1220. The molecule has 0 bridgehead atoms. The average Bonchev–Trinajstić information content (AvgIpc) is 3.32. The van der Waals surface area contributed by atoms with Gasteiger partial charge in [0.05, 0.1) is 12.1 Å². The van der Waals surface area contributed by atoms with E-state index in [0.29, 0.717) is 38.6 Å². The molecule has 1 unspecified atom stereocenters. The molecule has 2 aliphatic heterocycles. The number of ether oxygens (including phenoxy) is 5. The second-order valence-corrected chi connectivity index (χ2v) is 8.49. The summed E-state index contributed by atoms with van der Waals surface area (Å²) in [4.78, 5) is 25.9. The fourth-order valence-electron chi connectivity index (χ4n) is 3.73. The molecule has 2 atom stereocenters. The summed E-state index contributed by atoms with van der Waals surface area (Å²) in [6.45, 7) is 0.565. The Labute approximate surface area is 203 Å². The van der Waals surface area contributed by atoms with Gasteiger partial charge in [-0.2, -0.15) is 0 Å². The number of hydrogen-bond acceptors (Lipinski definition) is 7. The zero-order chi connectivity index (χ0) is 23.5. The number of rotatable bonds is 6. The van der Waals surface area contributed by atoms with Gasteiger partial charge in [-0.15, -0.1) is 0 Å². The minimum Gasteiger partial charge on any atom is -0.492 e. The molecule has 1 N–H and O–H groups in total. The molecule has 0 spiro atoms. The lowest BCUT2D eigenvalue weighted by Gasteiger charge is -2.32. The molecule has 9 heteroatoms. The monoisotopic (exact) mass is 525 g/mol. The van der Waals surface area contributed by atoms with Crippen LogP contribution in [-0.2, 0) is 4.74 Å².